The number of carbonyl (C=O) groups is 1. The van der Waals surface area contributed by atoms with Crippen LogP contribution >= 0.6 is 0 Å². The monoisotopic (exact) mass is 436 g/mol. The summed E-state index contributed by atoms with van der Waals surface area (Å²) in [6.07, 6.45) is 2.91. The molecule has 0 aliphatic carbocycles. The normalized spacial score (nSPS) is 17.6. The molecule has 1 amide bonds. The Morgan fingerprint density at radius 2 is 2.00 bits per heavy atom. The Kier molecular flexibility index (Phi) is 7.45. The van der Waals surface area contributed by atoms with Crippen molar-refractivity contribution in [3.63, 3.8) is 0 Å². The van der Waals surface area contributed by atoms with Gasteiger partial charge in [0.2, 0.25) is 15.9 Å². The molecule has 2 heterocycles. The number of aromatic nitrogens is 1. The van der Waals surface area contributed by atoms with Gasteiger partial charge in [0.25, 0.3) is 0 Å². The summed E-state index contributed by atoms with van der Waals surface area (Å²) in [5.74, 6) is 0.459. The number of anilines is 1. The van der Waals surface area contributed by atoms with Gasteiger partial charge in [0, 0.05) is 30.4 Å². The Bertz CT molecular complexity index is 885. The number of hydrogen-bond donors (Lipinski definition) is 3. The third kappa shape index (κ3) is 6.93. The molecule has 1 saturated heterocycles. The summed E-state index contributed by atoms with van der Waals surface area (Å²) in [6.45, 7) is 10.5. The van der Waals surface area contributed by atoms with Crippen LogP contribution in [0.5, 0.6) is 0 Å². The number of hydrogen-bond acceptors (Lipinski definition) is 7. The van der Waals surface area contributed by atoms with Crippen LogP contribution in [0.25, 0.3) is 0 Å². The van der Waals surface area contributed by atoms with Gasteiger partial charge in [0.1, 0.15) is 16.8 Å². The minimum absolute atomic E-state index is 0.0776. The van der Waals surface area contributed by atoms with Crippen LogP contribution in [0, 0.1) is 11.3 Å². The Hall–Kier alpha value is -2.22. The van der Waals surface area contributed by atoms with Gasteiger partial charge in [0.15, 0.2) is 0 Å². The van der Waals surface area contributed by atoms with Gasteiger partial charge in [0.05, 0.1) is 12.6 Å². The number of sulfonamides is 1. The molecule has 3 N–H and O–H groups in total. The summed E-state index contributed by atoms with van der Waals surface area (Å²) < 4.78 is 27.3. The molecule has 1 aromatic heterocycles. The lowest BCUT2D eigenvalue weighted by atomic mass is 10.1. The minimum Gasteiger partial charge on any atom is -0.368 e. The van der Waals surface area contributed by atoms with E-state index in [0.717, 1.165) is 12.8 Å². The van der Waals surface area contributed by atoms with E-state index in [1.165, 1.54) is 12.3 Å². The van der Waals surface area contributed by atoms with E-state index in [1.54, 1.807) is 31.7 Å². The number of pyridine rings is 1. The van der Waals surface area contributed by atoms with E-state index in [0.29, 0.717) is 18.9 Å². The van der Waals surface area contributed by atoms with Gasteiger partial charge >= 0.3 is 0 Å². The zero-order valence-electron chi connectivity index (χ0n) is 18.3. The van der Waals surface area contributed by atoms with Crippen molar-refractivity contribution in [3.05, 3.63) is 18.3 Å². The van der Waals surface area contributed by atoms with Crippen molar-refractivity contribution in [1.29, 1.82) is 5.26 Å². The molecule has 1 aromatic rings. The summed E-state index contributed by atoms with van der Waals surface area (Å²) in [6, 6.07) is 4.96. The molecule has 0 saturated carbocycles. The molecule has 9 nitrogen and oxygen atoms in total. The molecule has 0 radical (unpaired) electrons. The van der Waals surface area contributed by atoms with Gasteiger partial charge in [-0.2, -0.15) is 5.26 Å². The zero-order valence-corrected chi connectivity index (χ0v) is 19.1. The van der Waals surface area contributed by atoms with Crippen molar-refractivity contribution < 1.29 is 13.2 Å². The van der Waals surface area contributed by atoms with Crippen LogP contribution in [0.4, 0.5) is 5.82 Å². The average molecular weight is 437 g/mol. The molecule has 0 bridgehead atoms. The van der Waals surface area contributed by atoms with E-state index in [2.05, 4.69) is 26.4 Å². The highest BCUT2D eigenvalue weighted by Gasteiger charge is 2.29. The zero-order chi connectivity index (χ0) is 22.6. The van der Waals surface area contributed by atoms with Crippen LogP contribution in [0.15, 0.2) is 23.2 Å². The number of carbonyl (C=O) groups excluding carboxylic acids is 1. The summed E-state index contributed by atoms with van der Waals surface area (Å²) in [5.41, 5.74) is -0.997. The van der Waals surface area contributed by atoms with Gasteiger partial charge in [-0.3, -0.25) is 4.79 Å². The molecule has 1 atom stereocenters. The molecular formula is C20H32N6O3S. The van der Waals surface area contributed by atoms with Crippen LogP contribution in [-0.4, -0.2) is 61.0 Å². The molecule has 0 aromatic carbocycles. The fourth-order valence-corrected chi connectivity index (χ4v) is 4.46. The summed E-state index contributed by atoms with van der Waals surface area (Å²) in [5, 5.41) is 15.5. The number of nitrogens with zero attached hydrogens (tertiary/aromatic N) is 3. The molecule has 1 unspecified atom stereocenters. The highest BCUT2D eigenvalue weighted by atomic mass is 32.2. The largest absolute Gasteiger partial charge is 0.368 e. The standard InChI is InChI=1S/C20H32N6O3S/c1-19(2,3)25-30(28,29)16-8-9-17(22-12-16)23-14-20(4,5)24-13-18(27)26-10-6-7-15(26)11-21/h8-9,12,15,24-25H,6-7,10,13-14H2,1-5H3,(H,22,23). The Balaban J connectivity index is 1.88. The van der Waals surface area contributed by atoms with Crippen LogP contribution in [0.1, 0.15) is 47.5 Å². The lowest BCUT2D eigenvalue weighted by Crippen LogP contribution is -2.50. The van der Waals surface area contributed by atoms with Gasteiger partial charge in [-0.25, -0.2) is 18.1 Å². The number of nitrogens with one attached hydrogen (secondary N) is 3. The van der Waals surface area contributed by atoms with Crippen molar-refractivity contribution >= 4 is 21.7 Å². The van der Waals surface area contributed by atoms with Crippen molar-refractivity contribution in [2.24, 2.45) is 0 Å². The van der Waals surface area contributed by atoms with E-state index in [1.807, 2.05) is 13.8 Å². The first-order chi connectivity index (χ1) is 13.8. The van der Waals surface area contributed by atoms with Crippen LogP contribution in [0.2, 0.25) is 0 Å². The van der Waals surface area contributed by atoms with Crippen molar-refractivity contribution in [2.45, 2.75) is 69.5 Å². The minimum atomic E-state index is -3.63. The molecule has 1 aliphatic heterocycles. The van der Waals surface area contributed by atoms with Gasteiger partial charge < -0.3 is 15.5 Å². The first-order valence-electron chi connectivity index (χ1n) is 10.0. The van der Waals surface area contributed by atoms with Gasteiger partial charge in [-0.05, 0) is 59.6 Å². The predicted molar refractivity (Wildman–Crippen MR) is 115 cm³/mol. The number of nitriles is 1. The van der Waals surface area contributed by atoms with E-state index >= 15 is 0 Å². The smallest absolute Gasteiger partial charge is 0.242 e. The maximum absolute atomic E-state index is 12.4. The van der Waals surface area contributed by atoms with Crippen molar-refractivity contribution in [3.8, 4) is 6.07 Å². The molecular weight excluding hydrogens is 404 g/mol. The van der Waals surface area contributed by atoms with Crippen molar-refractivity contribution in [1.82, 2.24) is 19.9 Å². The number of rotatable bonds is 8. The second-order valence-electron chi connectivity index (χ2n) is 9.20. The fraction of sp³-hybridized carbons (Fsp3) is 0.650. The van der Waals surface area contributed by atoms with Crippen LogP contribution < -0.4 is 15.4 Å². The predicted octanol–water partition coefficient (Wildman–Crippen LogP) is 1.45. The highest BCUT2D eigenvalue weighted by molar-refractivity contribution is 7.89. The van der Waals surface area contributed by atoms with Crippen LogP contribution in [-0.2, 0) is 14.8 Å². The first kappa shape index (κ1) is 24.1. The molecule has 1 fully saturated rings. The summed E-state index contributed by atoms with van der Waals surface area (Å²) in [4.78, 5) is 18.3. The molecule has 0 spiro atoms. The average Bonchev–Trinajstić information content (AvgIpc) is 3.12. The van der Waals surface area contributed by atoms with Crippen LogP contribution in [0.3, 0.4) is 0 Å². The third-order valence-corrected chi connectivity index (χ3v) is 6.38. The fourth-order valence-electron chi connectivity index (χ4n) is 3.10. The molecule has 1 aliphatic rings. The lowest BCUT2D eigenvalue weighted by Gasteiger charge is -2.28. The quantitative estimate of drug-likeness (QED) is 0.563. The maximum Gasteiger partial charge on any atom is 0.242 e. The first-order valence-corrected chi connectivity index (χ1v) is 11.5. The second kappa shape index (κ2) is 9.29. The van der Waals surface area contributed by atoms with E-state index in [9.17, 15) is 13.2 Å². The second-order valence-corrected chi connectivity index (χ2v) is 10.9. The van der Waals surface area contributed by atoms with Gasteiger partial charge in [-0.15, -0.1) is 0 Å². The molecule has 166 valence electrons. The number of amides is 1. The number of likely N-dealkylation sites (tertiary alicyclic amines) is 1. The van der Waals surface area contributed by atoms with Crippen molar-refractivity contribution in [2.75, 3.05) is 25.0 Å². The molecule has 2 rings (SSSR count). The van der Waals surface area contributed by atoms with Gasteiger partial charge in [-0.1, -0.05) is 0 Å². The molecule has 30 heavy (non-hydrogen) atoms. The molecule has 10 heteroatoms. The third-order valence-electron chi connectivity index (χ3n) is 4.64. The summed E-state index contributed by atoms with van der Waals surface area (Å²) >= 11 is 0. The highest BCUT2D eigenvalue weighted by Crippen LogP contribution is 2.17. The Morgan fingerprint density at radius 3 is 2.57 bits per heavy atom. The maximum atomic E-state index is 12.4. The summed E-state index contributed by atoms with van der Waals surface area (Å²) in [7, 11) is -3.63. The van der Waals surface area contributed by atoms with E-state index in [4.69, 9.17) is 5.26 Å². The Labute approximate surface area is 179 Å². The van der Waals surface area contributed by atoms with E-state index in [-0.39, 0.29) is 23.4 Å². The topological polar surface area (TPSA) is 127 Å². The SMILES string of the molecule is CC(C)(C)NS(=O)(=O)c1ccc(NCC(C)(C)NCC(=O)N2CCCC2C#N)nc1. The van der Waals surface area contributed by atoms with E-state index < -0.39 is 21.1 Å². The lowest BCUT2D eigenvalue weighted by molar-refractivity contribution is -0.130. The Morgan fingerprint density at radius 1 is 1.30 bits per heavy atom.